The zero-order valence-corrected chi connectivity index (χ0v) is 26.9. The molecule has 1 aromatic carbocycles. The molecule has 0 aromatic heterocycles. The van der Waals surface area contributed by atoms with E-state index in [2.05, 4.69) is 10.6 Å². The van der Waals surface area contributed by atoms with Crippen molar-refractivity contribution in [2.45, 2.75) is 57.9 Å². The summed E-state index contributed by atoms with van der Waals surface area (Å²) in [6.07, 6.45) is 2.68. The lowest BCUT2D eigenvalue weighted by Crippen LogP contribution is -2.54. The van der Waals surface area contributed by atoms with Gasteiger partial charge in [0.25, 0.3) is 11.8 Å². The van der Waals surface area contributed by atoms with Gasteiger partial charge < -0.3 is 33.7 Å². The summed E-state index contributed by atoms with van der Waals surface area (Å²) < 4.78 is 32.0. The molecule has 0 spiro atoms. The molecule has 47 heavy (non-hydrogen) atoms. The van der Waals surface area contributed by atoms with Gasteiger partial charge in [0.2, 0.25) is 17.7 Å². The van der Waals surface area contributed by atoms with Crippen molar-refractivity contribution in [2.75, 3.05) is 78.0 Å². The fraction of sp³-hybridized carbons (Fsp3) is 0.625. The Hall–Kier alpha value is -3.76. The van der Waals surface area contributed by atoms with E-state index in [0.717, 1.165) is 17.7 Å². The summed E-state index contributed by atoms with van der Waals surface area (Å²) in [6.45, 7) is 6.43. The molecule has 5 amide bonds. The third kappa shape index (κ3) is 12.8. The lowest BCUT2D eigenvalue weighted by Gasteiger charge is -2.27. The highest BCUT2D eigenvalue weighted by molar-refractivity contribution is 6.26. The molecule has 1 fully saturated rings. The molecule has 2 N–H and O–H groups in total. The van der Waals surface area contributed by atoms with Gasteiger partial charge in [-0.2, -0.15) is 0 Å². The Bertz CT molecular complexity index is 1220. The number of nitrogens with zero attached hydrogens (tertiary/aromatic N) is 1. The van der Waals surface area contributed by atoms with Crippen LogP contribution in [0.1, 0.15) is 72.6 Å². The molecule has 15 heteroatoms. The van der Waals surface area contributed by atoms with Gasteiger partial charge in [0.05, 0.1) is 89.3 Å². The van der Waals surface area contributed by atoms with Crippen molar-refractivity contribution < 1.29 is 57.2 Å². The van der Waals surface area contributed by atoms with Crippen molar-refractivity contribution in [2.24, 2.45) is 0 Å². The molecule has 0 aliphatic carbocycles. The number of piperidine rings is 1. The molecule has 2 aliphatic heterocycles. The van der Waals surface area contributed by atoms with Gasteiger partial charge in [-0.05, 0) is 38.3 Å². The van der Waals surface area contributed by atoms with Crippen LogP contribution in [0, 0.1) is 0 Å². The van der Waals surface area contributed by atoms with Crippen LogP contribution in [0.3, 0.4) is 0 Å². The highest BCUT2D eigenvalue weighted by Gasteiger charge is 2.45. The maximum atomic E-state index is 13.1. The van der Waals surface area contributed by atoms with Gasteiger partial charge in [-0.25, -0.2) is 0 Å². The molecule has 1 saturated heterocycles. The largest absolute Gasteiger partial charge is 0.466 e. The lowest BCUT2D eigenvalue weighted by atomic mass is 10.0. The Balaban J connectivity index is 1.15. The summed E-state index contributed by atoms with van der Waals surface area (Å²) >= 11 is 0. The van der Waals surface area contributed by atoms with Crippen molar-refractivity contribution in [3.63, 3.8) is 0 Å². The van der Waals surface area contributed by atoms with E-state index in [4.69, 9.17) is 28.4 Å². The van der Waals surface area contributed by atoms with E-state index in [0.29, 0.717) is 79.1 Å². The Morgan fingerprint density at radius 1 is 0.787 bits per heavy atom. The first kappa shape index (κ1) is 37.7. The average Bonchev–Trinajstić information content (AvgIpc) is 3.30. The summed E-state index contributed by atoms with van der Waals surface area (Å²) in [4.78, 5) is 74.5. The molecule has 2 aliphatic rings. The van der Waals surface area contributed by atoms with Crippen LogP contribution in [0.5, 0.6) is 0 Å². The van der Waals surface area contributed by atoms with E-state index in [1.165, 1.54) is 6.07 Å². The highest BCUT2D eigenvalue weighted by atomic mass is 16.6. The molecule has 2 heterocycles. The number of rotatable bonds is 24. The maximum absolute atomic E-state index is 13.1. The second-order valence-electron chi connectivity index (χ2n) is 10.7. The zero-order chi connectivity index (χ0) is 33.9. The van der Waals surface area contributed by atoms with Gasteiger partial charge in [-0.3, -0.25) is 39.0 Å². The van der Waals surface area contributed by atoms with E-state index in [1.54, 1.807) is 19.1 Å². The van der Waals surface area contributed by atoms with Crippen LogP contribution in [0.25, 0.3) is 0 Å². The number of unbranched alkanes of at least 4 members (excludes halogenated alkanes) is 2. The number of ether oxygens (including phenoxy) is 6. The van der Waals surface area contributed by atoms with Crippen LogP contribution in [0.2, 0.25) is 0 Å². The normalized spacial score (nSPS) is 15.9. The van der Waals surface area contributed by atoms with E-state index in [9.17, 15) is 28.8 Å². The third-order valence-corrected chi connectivity index (χ3v) is 7.18. The summed E-state index contributed by atoms with van der Waals surface area (Å²) in [7, 11) is 0. The SMILES string of the molecule is CCOC(=O)CCOCCOCCOCCOCCOCCCCCC(=O)Nc1cccc2c1C(=O)N(C1CCC(=O)NC1=O)C2=O. The van der Waals surface area contributed by atoms with E-state index < -0.39 is 29.7 Å². The van der Waals surface area contributed by atoms with Gasteiger partial charge in [0.15, 0.2) is 0 Å². The van der Waals surface area contributed by atoms with Crippen molar-refractivity contribution in [1.82, 2.24) is 10.2 Å². The van der Waals surface area contributed by atoms with Gasteiger partial charge >= 0.3 is 5.97 Å². The number of amides is 5. The summed E-state index contributed by atoms with van der Waals surface area (Å²) in [5.74, 6) is -2.99. The quantitative estimate of drug-likeness (QED) is 0.0927. The molecular formula is C32H45N3O12. The molecule has 3 rings (SSSR count). The highest BCUT2D eigenvalue weighted by Crippen LogP contribution is 2.32. The number of carbonyl (C=O) groups is 6. The standard InChI is InChI=1S/C32H45N3O12/c1-2-47-28(38)12-14-43-16-18-45-20-22-46-21-19-44-17-15-42-13-5-3-4-9-26(36)33-24-8-6-7-23-29(24)32(41)35(31(23)40)25-10-11-27(37)34-30(25)39/h6-8,25H,2-5,9-22H2,1H3,(H,33,36)(H,34,37,39). The predicted molar refractivity (Wildman–Crippen MR) is 166 cm³/mol. The van der Waals surface area contributed by atoms with E-state index >= 15 is 0 Å². The smallest absolute Gasteiger partial charge is 0.308 e. The second-order valence-corrected chi connectivity index (χ2v) is 10.7. The summed E-state index contributed by atoms with van der Waals surface area (Å²) in [5.41, 5.74) is 0.378. The Morgan fingerprint density at radius 2 is 1.40 bits per heavy atom. The molecule has 15 nitrogen and oxygen atoms in total. The molecule has 0 saturated carbocycles. The zero-order valence-electron chi connectivity index (χ0n) is 26.9. The molecule has 1 aromatic rings. The van der Waals surface area contributed by atoms with Crippen LogP contribution in [-0.4, -0.2) is 119 Å². The number of hydrogen-bond donors (Lipinski definition) is 2. The molecule has 0 radical (unpaired) electrons. The first-order valence-electron chi connectivity index (χ1n) is 16.0. The minimum absolute atomic E-state index is 0.0286. The van der Waals surface area contributed by atoms with Crippen molar-refractivity contribution in [3.8, 4) is 0 Å². The fourth-order valence-corrected chi connectivity index (χ4v) is 4.87. The fourth-order valence-electron chi connectivity index (χ4n) is 4.87. The number of hydrogen-bond acceptors (Lipinski definition) is 12. The Labute approximate surface area is 273 Å². The molecular weight excluding hydrogens is 618 g/mol. The van der Waals surface area contributed by atoms with E-state index in [1.807, 2.05) is 0 Å². The van der Waals surface area contributed by atoms with Crippen LogP contribution in [0.4, 0.5) is 5.69 Å². The van der Waals surface area contributed by atoms with Gasteiger partial charge in [0, 0.05) is 19.4 Å². The van der Waals surface area contributed by atoms with Crippen LogP contribution in [0.15, 0.2) is 18.2 Å². The molecule has 260 valence electrons. The first-order chi connectivity index (χ1) is 22.8. The van der Waals surface area contributed by atoms with Crippen molar-refractivity contribution in [1.29, 1.82) is 0 Å². The number of anilines is 1. The molecule has 0 bridgehead atoms. The second kappa shape index (κ2) is 21.2. The number of imide groups is 2. The third-order valence-electron chi connectivity index (χ3n) is 7.18. The van der Waals surface area contributed by atoms with Crippen LogP contribution >= 0.6 is 0 Å². The van der Waals surface area contributed by atoms with Crippen molar-refractivity contribution in [3.05, 3.63) is 29.3 Å². The molecule has 1 atom stereocenters. The van der Waals surface area contributed by atoms with Gasteiger partial charge in [0.1, 0.15) is 6.04 Å². The number of esters is 1. The summed E-state index contributed by atoms with van der Waals surface area (Å²) in [6, 6.07) is 3.52. The monoisotopic (exact) mass is 663 g/mol. The van der Waals surface area contributed by atoms with Gasteiger partial charge in [-0.1, -0.05) is 12.5 Å². The molecule has 1 unspecified atom stereocenters. The minimum atomic E-state index is -1.07. The Morgan fingerprint density at radius 3 is 2.02 bits per heavy atom. The minimum Gasteiger partial charge on any atom is -0.466 e. The average molecular weight is 664 g/mol. The van der Waals surface area contributed by atoms with E-state index in [-0.39, 0.29) is 54.4 Å². The predicted octanol–water partition coefficient (Wildman–Crippen LogP) is 1.62. The first-order valence-corrected chi connectivity index (χ1v) is 16.0. The van der Waals surface area contributed by atoms with Crippen LogP contribution < -0.4 is 10.6 Å². The van der Waals surface area contributed by atoms with Crippen LogP contribution in [-0.2, 0) is 47.6 Å². The van der Waals surface area contributed by atoms with Gasteiger partial charge in [-0.15, -0.1) is 0 Å². The lowest BCUT2D eigenvalue weighted by molar-refractivity contribution is -0.144. The van der Waals surface area contributed by atoms with Crippen molar-refractivity contribution >= 4 is 41.2 Å². The number of benzene rings is 1. The maximum Gasteiger partial charge on any atom is 0.308 e. The summed E-state index contributed by atoms with van der Waals surface area (Å²) in [5, 5.41) is 4.89. The topological polar surface area (TPSA) is 185 Å². The number of fused-ring (bicyclic) bond motifs is 1. The number of carbonyl (C=O) groups excluding carboxylic acids is 6. The Kier molecular flexibility index (Phi) is 17.0. The number of nitrogens with one attached hydrogen (secondary N) is 2.